The molecule has 110 valence electrons. The number of hydrogen-bond acceptors (Lipinski definition) is 5. The van der Waals surface area contributed by atoms with Crippen LogP contribution in [0, 0.1) is 0 Å². The van der Waals surface area contributed by atoms with Crippen molar-refractivity contribution in [2.24, 2.45) is 5.73 Å². The van der Waals surface area contributed by atoms with Gasteiger partial charge in [-0.25, -0.2) is 4.98 Å². The standard InChI is InChI=1S/C13H21N5OS/c1-2-3-10(11(14)20)17-6-8-18(9-7-17)12-13(19)16-5-4-15-12/h4-5,10H,2-3,6-9H2,1H3,(H2,14,20)(H,16,19). The van der Waals surface area contributed by atoms with Crippen LogP contribution in [-0.4, -0.2) is 52.1 Å². The third kappa shape index (κ3) is 3.34. The van der Waals surface area contributed by atoms with Gasteiger partial charge >= 0.3 is 0 Å². The summed E-state index contributed by atoms with van der Waals surface area (Å²) in [6.45, 7) is 5.36. The van der Waals surface area contributed by atoms with E-state index in [1.54, 1.807) is 12.4 Å². The lowest BCUT2D eigenvalue weighted by Crippen LogP contribution is -2.54. The molecule has 2 heterocycles. The van der Waals surface area contributed by atoms with Gasteiger partial charge < -0.3 is 15.6 Å². The second kappa shape index (κ2) is 6.81. The molecule has 0 spiro atoms. The summed E-state index contributed by atoms with van der Waals surface area (Å²) < 4.78 is 0. The molecule has 7 heteroatoms. The smallest absolute Gasteiger partial charge is 0.290 e. The van der Waals surface area contributed by atoms with E-state index < -0.39 is 0 Å². The van der Waals surface area contributed by atoms with E-state index in [9.17, 15) is 4.79 Å². The molecule has 1 fully saturated rings. The predicted octanol–water partition coefficient (Wildman–Crippen LogP) is 0.347. The number of piperazine rings is 1. The van der Waals surface area contributed by atoms with E-state index >= 15 is 0 Å². The quantitative estimate of drug-likeness (QED) is 0.763. The van der Waals surface area contributed by atoms with E-state index in [4.69, 9.17) is 18.0 Å². The molecular weight excluding hydrogens is 274 g/mol. The normalized spacial score (nSPS) is 17.9. The van der Waals surface area contributed by atoms with Gasteiger partial charge in [0.1, 0.15) is 0 Å². The number of rotatable bonds is 5. The van der Waals surface area contributed by atoms with E-state index in [1.165, 1.54) is 0 Å². The molecule has 1 aromatic rings. The summed E-state index contributed by atoms with van der Waals surface area (Å²) in [4.78, 5) is 23.4. The largest absolute Gasteiger partial charge is 0.392 e. The minimum absolute atomic E-state index is 0.139. The highest BCUT2D eigenvalue weighted by atomic mass is 32.1. The van der Waals surface area contributed by atoms with Crippen LogP contribution in [0.15, 0.2) is 17.2 Å². The summed E-state index contributed by atoms with van der Waals surface area (Å²) in [5, 5.41) is 0. The molecule has 2 rings (SSSR count). The Morgan fingerprint density at radius 3 is 2.75 bits per heavy atom. The molecule has 0 aliphatic carbocycles. The first-order chi connectivity index (χ1) is 9.63. The molecule has 0 bridgehead atoms. The van der Waals surface area contributed by atoms with Gasteiger partial charge in [-0.1, -0.05) is 25.6 Å². The van der Waals surface area contributed by atoms with E-state index in [0.717, 1.165) is 39.0 Å². The van der Waals surface area contributed by atoms with E-state index in [1.807, 2.05) is 4.90 Å². The zero-order chi connectivity index (χ0) is 14.5. The van der Waals surface area contributed by atoms with Gasteiger partial charge in [0.15, 0.2) is 5.82 Å². The zero-order valence-electron chi connectivity index (χ0n) is 11.7. The van der Waals surface area contributed by atoms with E-state index in [-0.39, 0.29) is 11.6 Å². The first kappa shape index (κ1) is 14.9. The van der Waals surface area contributed by atoms with Crippen molar-refractivity contribution in [1.82, 2.24) is 14.9 Å². The molecule has 1 unspecified atom stereocenters. The number of hydrogen-bond donors (Lipinski definition) is 2. The summed E-state index contributed by atoms with van der Waals surface area (Å²) in [6, 6.07) is 0.166. The van der Waals surface area contributed by atoms with Gasteiger partial charge in [-0.3, -0.25) is 9.69 Å². The number of H-pyrrole nitrogens is 1. The van der Waals surface area contributed by atoms with Gasteiger partial charge in [0.05, 0.1) is 11.0 Å². The fourth-order valence-electron chi connectivity index (χ4n) is 2.59. The summed E-state index contributed by atoms with van der Waals surface area (Å²) in [7, 11) is 0. The van der Waals surface area contributed by atoms with Crippen molar-refractivity contribution < 1.29 is 0 Å². The summed E-state index contributed by atoms with van der Waals surface area (Å²) in [5.41, 5.74) is 5.69. The van der Waals surface area contributed by atoms with Gasteiger partial charge in [0.25, 0.3) is 5.56 Å². The highest BCUT2D eigenvalue weighted by Gasteiger charge is 2.26. The van der Waals surface area contributed by atoms with Crippen molar-refractivity contribution in [2.45, 2.75) is 25.8 Å². The SMILES string of the molecule is CCCC(C(N)=S)N1CCN(c2ncc[nH]c2=O)CC1. The molecule has 1 aromatic heterocycles. The van der Waals surface area contributed by atoms with Crippen LogP contribution in [0.4, 0.5) is 5.82 Å². The van der Waals surface area contributed by atoms with Crippen LogP contribution in [0.25, 0.3) is 0 Å². The van der Waals surface area contributed by atoms with Gasteiger partial charge in [-0.15, -0.1) is 0 Å². The van der Waals surface area contributed by atoms with E-state index in [2.05, 4.69) is 21.8 Å². The molecule has 3 N–H and O–H groups in total. The molecular formula is C13H21N5OS. The van der Waals surface area contributed by atoms with Crippen LogP contribution in [-0.2, 0) is 0 Å². The Morgan fingerprint density at radius 1 is 1.50 bits per heavy atom. The molecule has 20 heavy (non-hydrogen) atoms. The molecule has 1 saturated heterocycles. The highest BCUT2D eigenvalue weighted by molar-refractivity contribution is 7.80. The minimum Gasteiger partial charge on any atom is -0.392 e. The van der Waals surface area contributed by atoms with Gasteiger partial charge in [0, 0.05) is 38.6 Å². The third-order valence-corrected chi connectivity index (χ3v) is 3.91. The van der Waals surface area contributed by atoms with Crippen LogP contribution >= 0.6 is 12.2 Å². The van der Waals surface area contributed by atoms with Crippen molar-refractivity contribution in [1.29, 1.82) is 0 Å². The Hall–Kier alpha value is -1.47. The molecule has 1 aliphatic rings. The van der Waals surface area contributed by atoms with Crippen LogP contribution in [0.3, 0.4) is 0 Å². The fraction of sp³-hybridized carbons (Fsp3) is 0.615. The Balaban J connectivity index is 2.00. The zero-order valence-corrected chi connectivity index (χ0v) is 12.5. The maximum absolute atomic E-state index is 11.7. The number of aromatic amines is 1. The lowest BCUT2D eigenvalue weighted by Gasteiger charge is -2.39. The number of nitrogens with two attached hydrogens (primary N) is 1. The average Bonchev–Trinajstić information content (AvgIpc) is 2.45. The maximum atomic E-state index is 11.7. The maximum Gasteiger partial charge on any atom is 0.290 e. The van der Waals surface area contributed by atoms with Crippen LogP contribution in [0.5, 0.6) is 0 Å². The first-order valence-electron chi connectivity index (χ1n) is 6.95. The molecule has 0 aromatic carbocycles. The van der Waals surface area contributed by atoms with Crippen LogP contribution < -0.4 is 16.2 Å². The molecule has 1 aliphatic heterocycles. The van der Waals surface area contributed by atoms with E-state index in [0.29, 0.717) is 10.8 Å². The minimum atomic E-state index is -0.139. The van der Waals surface area contributed by atoms with Crippen molar-refractivity contribution >= 4 is 23.0 Å². The number of anilines is 1. The fourth-order valence-corrected chi connectivity index (χ4v) is 2.86. The summed E-state index contributed by atoms with van der Waals surface area (Å²) in [5.74, 6) is 0.495. The number of aromatic nitrogens is 2. The van der Waals surface area contributed by atoms with Crippen molar-refractivity contribution in [3.8, 4) is 0 Å². The molecule has 0 amide bonds. The third-order valence-electron chi connectivity index (χ3n) is 3.63. The molecule has 6 nitrogen and oxygen atoms in total. The van der Waals surface area contributed by atoms with Gasteiger partial charge in [-0.2, -0.15) is 0 Å². The first-order valence-corrected chi connectivity index (χ1v) is 7.36. The number of thiocarbonyl (C=S) groups is 1. The predicted molar refractivity (Wildman–Crippen MR) is 84.1 cm³/mol. The molecule has 0 radical (unpaired) electrons. The second-order valence-electron chi connectivity index (χ2n) is 4.97. The topological polar surface area (TPSA) is 78.2 Å². The molecule has 1 atom stereocenters. The Labute approximate surface area is 124 Å². The Bertz CT molecular complexity index is 509. The van der Waals surface area contributed by atoms with Crippen molar-refractivity contribution in [3.63, 3.8) is 0 Å². The Morgan fingerprint density at radius 2 is 2.20 bits per heavy atom. The van der Waals surface area contributed by atoms with Gasteiger partial charge in [0.2, 0.25) is 0 Å². The molecule has 0 saturated carbocycles. The van der Waals surface area contributed by atoms with Crippen LogP contribution in [0.1, 0.15) is 19.8 Å². The Kier molecular flexibility index (Phi) is 5.08. The number of nitrogens with zero attached hydrogens (tertiary/aromatic N) is 3. The lowest BCUT2D eigenvalue weighted by molar-refractivity contribution is 0.219. The highest BCUT2D eigenvalue weighted by Crippen LogP contribution is 2.14. The van der Waals surface area contributed by atoms with Crippen molar-refractivity contribution in [2.75, 3.05) is 31.1 Å². The van der Waals surface area contributed by atoms with Crippen molar-refractivity contribution in [3.05, 3.63) is 22.7 Å². The average molecular weight is 295 g/mol. The summed E-state index contributed by atoms with van der Waals surface area (Å²) in [6.07, 6.45) is 5.20. The number of nitrogens with one attached hydrogen (secondary N) is 1. The second-order valence-corrected chi connectivity index (χ2v) is 5.44. The van der Waals surface area contributed by atoms with Gasteiger partial charge in [-0.05, 0) is 6.42 Å². The monoisotopic (exact) mass is 295 g/mol. The lowest BCUT2D eigenvalue weighted by atomic mass is 10.1. The summed E-state index contributed by atoms with van der Waals surface area (Å²) >= 11 is 5.16. The van der Waals surface area contributed by atoms with Crippen LogP contribution in [0.2, 0.25) is 0 Å².